The highest BCUT2D eigenvalue weighted by Gasteiger charge is 2.12. The molecular formula is C12H19N3O. The largest absolute Gasteiger partial charge is 0.397 e. The first-order valence-corrected chi connectivity index (χ1v) is 5.91. The van der Waals surface area contributed by atoms with Crippen LogP contribution in [-0.2, 0) is 4.74 Å². The topological polar surface area (TPSA) is 60.2 Å². The second-order valence-electron chi connectivity index (χ2n) is 4.18. The molecule has 0 aliphatic carbocycles. The maximum absolute atomic E-state index is 5.65. The van der Waals surface area contributed by atoms with Gasteiger partial charge in [0.1, 0.15) is 5.82 Å². The summed E-state index contributed by atoms with van der Waals surface area (Å²) >= 11 is 0. The molecule has 1 unspecified atom stereocenters. The van der Waals surface area contributed by atoms with Gasteiger partial charge in [-0.15, -0.1) is 0 Å². The maximum Gasteiger partial charge on any atom is 0.126 e. The third-order valence-electron chi connectivity index (χ3n) is 2.83. The van der Waals surface area contributed by atoms with Crippen molar-refractivity contribution in [2.24, 2.45) is 0 Å². The first-order chi connectivity index (χ1) is 7.84. The highest BCUT2D eigenvalue weighted by molar-refractivity contribution is 5.43. The van der Waals surface area contributed by atoms with Gasteiger partial charge in [0.15, 0.2) is 0 Å². The van der Waals surface area contributed by atoms with Gasteiger partial charge in [-0.05, 0) is 37.8 Å². The summed E-state index contributed by atoms with van der Waals surface area (Å²) in [5, 5.41) is 3.27. The van der Waals surface area contributed by atoms with Crippen molar-refractivity contribution < 1.29 is 4.74 Å². The molecule has 88 valence electrons. The van der Waals surface area contributed by atoms with Crippen LogP contribution in [0.5, 0.6) is 0 Å². The van der Waals surface area contributed by atoms with E-state index in [1.807, 2.05) is 12.1 Å². The lowest BCUT2D eigenvalue weighted by Crippen LogP contribution is -2.22. The molecule has 1 fully saturated rings. The van der Waals surface area contributed by atoms with Gasteiger partial charge in [0.2, 0.25) is 0 Å². The van der Waals surface area contributed by atoms with Crippen molar-refractivity contribution in [3.63, 3.8) is 0 Å². The summed E-state index contributed by atoms with van der Waals surface area (Å²) in [4.78, 5) is 4.18. The van der Waals surface area contributed by atoms with Crippen LogP contribution in [0.3, 0.4) is 0 Å². The summed E-state index contributed by atoms with van der Waals surface area (Å²) in [6, 6.07) is 3.75. The van der Waals surface area contributed by atoms with Crippen molar-refractivity contribution in [2.75, 3.05) is 24.2 Å². The number of ether oxygens (including phenoxy) is 1. The van der Waals surface area contributed by atoms with Crippen molar-refractivity contribution in [3.8, 4) is 0 Å². The van der Waals surface area contributed by atoms with E-state index >= 15 is 0 Å². The lowest BCUT2D eigenvalue weighted by atomic mass is 10.1. The van der Waals surface area contributed by atoms with E-state index in [2.05, 4.69) is 10.3 Å². The molecule has 4 heteroatoms. The Hall–Kier alpha value is -1.29. The molecule has 1 aliphatic rings. The van der Waals surface area contributed by atoms with Crippen LogP contribution in [0.15, 0.2) is 18.3 Å². The van der Waals surface area contributed by atoms with Crippen molar-refractivity contribution in [1.82, 2.24) is 4.98 Å². The molecule has 0 radical (unpaired) electrons. The van der Waals surface area contributed by atoms with Gasteiger partial charge in [-0.25, -0.2) is 4.98 Å². The Morgan fingerprint density at radius 1 is 1.44 bits per heavy atom. The number of aromatic nitrogens is 1. The first-order valence-electron chi connectivity index (χ1n) is 5.91. The Morgan fingerprint density at radius 3 is 3.06 bits per heavy atom. The SMILES string of the molecule is Nc1ccc(NCCC2CCCCO2)nc1. The summed E-state index contributed by atoms with van der Waals surface area (Å²) in [6.45, 7) is 1.83. The van der Waals surface area contributed by atoms with Crippen molar-refractivity contribution in [2.45, 2.75) is 31.8 Å². The molecule has 1 saturated heterocycles. The quantitative estimate of drug-likeness (QED) is 0.816. The Kier molecular flexibility index (Phi) is 3.99. The van der Waals surface area contributed by atoms with Gasteiger partial charge in [-0.2, -0.15) is 0 Å². The van der Waals surface area contributed by atoms with E-state index < -0.39 is 0 Å². The fraction of sp³-hybridized carbons (Fsp3) is 0.583. The van der Waals surface area contributed by atoms with Gasteiger partial charge in [-0.1, -0.05) is 0 Å². The molecule has 1 aromatic heterocycles. The molecule has 3 N–H and O–H groups in total. The van der Waals surface area contributed by atoms with Crippen LogP contribution >= 0.6 is 0 Å². The smallest absolute Gasteiger partial charge is 0.126 e. The van der Waals surface area contributed by atoms with Gasteiger partial charge >= 0.3 is 0 Å². The monoisotopic (exact) mass is 221 g/mol. The third kappa shape index (κ3) is 3.38. The molecule has 0 amide bonds. The summed E-state index contributed by atoms with van der Waals surface area (Å²) < 4.78 is 5.65. The minimum atomic E-state index is 0.426. The van der Waals surface area contributed by atoms with Crippen LogP contribution in [0.2, 0.25) is 0 Å². The molecule has 0 saturated carbocycles. The molecule has 1 aliphatic heterocycles. The predicted molar refractivity (Wildman–Crippen MR) is 65.3 cm³/mol. The van der Waals surface area contributed by atoms with Crippen LogP contribution in [0, 0.1) is 0 Å². The van der Waals surface area contributed by atoms with Crippen LogP contribution in [0.25, 0.3) is 0 Å². The normalized spacial score (nSPS) is 20.6. The summed E-state index contributed by atoms with van der Waals surface area (Å²) in [7, 11) is 0. The second-order valence-corrected chi connectivity index (χ2v) is 4.18. The van der Waals surface area contributed by atoms with E-state index in [0.717, 1.165) is 25.4 Å². The molecular weight excluding hydrogens is 202 g/mol. The first kappa shape index (κ1) is 11.2. The zero-order chi connectivity index (χ0) is 11.2. The van der Waals surface area contributed by atoms with Crippen LogP contribution < -0.4 is 11.1 Å². The maximum atomic E-state index is 5.65. The van der Waals surface area contributed by atoms with Gasteiger partial charge in [0.05, 0.1) is 18.0 Å². The molecule has 1 atom stereocenters. The highest BCUT2D eigenvalue weighted by atomic mass is 16.5. The predicted octanol–water partition coefficient (Wildman–Crippen LogP) is 2.03. The van der Waals surface area contributed by atoms with E-state index in [1.54, 1.807) is 6.20 Å². The number of rotatable bonds is 4. The van der Waals surface area contributed by atoms with E-state index in [0.29, 0.717) is 11.8 Å². The molecule has 2 heterocycles. The van der Waals surface area contributed by atoms with Crippen molar-refractivity contribution in [3.05, 3.63) is 18.3 Å². The number of nitrogens with zero attached hydrogens (tertiary/aromatic N) is 1. The van der Waals surface area contributed by atoms with Crippen molar-refractivity contribution in [1.29, 1.82) is 0 Å². The Balaban J connectivity index is 1.69. The average Bonchev–Trinajstić information content (AvgIpc) is 2.33. The van der Waals surface area contributed by atoms with E-state index in [4.69, 9.17) is 10.5 Å². The lowest BCUT2D eigenvalue weighted by molar-refractivity contribution is 0.0134. The Bertz CT molecular complexity index is 307. The number of pyridine rings is 1. The lowest BCUT2D eigenvalue weighted by Gasteiger charge is -2.22. The number of hydrogen-bond donors (Lipinski definition) is 2. The van der Waals surface area contributed by atoms with Gasteiger partial charge in [-0.3, -0.25) is 0 Å². The molecule has 0 aromatic carbocycles. The van der Waals surface area contributed by atoms with Crippen LogP contribution in [0.1, 0.15) is 25.7 Å². The van der Waals surface area contributed by atoms with Crippen molar-refractivity contribution >= 4 is 11.5 Å². The zero-order valence-corrected chi connectivity index (χ0v) is 9.48. The molecule has 4 nitrogen and oxygen atoms in total. The minimum Gasteiger partial charge on any atom is -0.397 e. The third-order valence-corrected chi connectivity index (χ3v) is 2.83. The average molecular weight is 221 g/mol. The Labute approximate surface area is 96.2 Å². The number of anilines is 2. The van der Waals surface area contributed by atoms with E-state index in [1.165, 1.54) is 19.3 Å². The second kappa shape index (κ2) is 5.70. The summed E-state index contributed by atoms with van der Waals surface area (Å²) in [6.07, 6.45) is 6.84. The highest BCUT2D eigenvalue weighted by Crippen LogP contribution is 2.15. The number of nitrogens with two attached hydrogens (primary N) is 1. The number of nitrogens with one attached hydrogen (secondary N) is 1. The number of hydrogen-bond acceptors (Lipinski definition) is 4. The van der Waals surface area contributed by atoms with Gasteiger partial charge < -0.3 is 15.8 Å². The standard InChI is InChI=1S/C12H19N3O/c13-10-4-5-12(15-9-10)14-7-6-11-3-1-2-8-16-11/h4-5,9,11H,1-3,6-8,13H2,(H,14,15). The molecule has 0 bridgehead atoms. The fourth-order valence-electron chi connectivity index (χ4n) is 1.91. The van der Waals surface area contributed by atoms with E-state index in [-0.39, 0.29) is 0 Å². The minimum absolute atomic E-state index is 0.426. The number of nitrogen functional groups attached to an aromatic ring is 1. The van der Waals surface area contributed by atoms with Gasteiger partial charge in [0, 0.05) is 13.2 Å². The molecule has 0 spiro atoms. The molecule has 1 aromatic rings. The van der Waals surface area contributed by atoms with Crippen LogP contribution in [0.4, 0.5) is 11.5 Å². The zero-order valence-electron chi connectivity index (χ0n) is 9.48. The summed E-state index contributed by atoms with van der Waals surface area (Å²) in [5.41, 5.74) is 6.26. The molecule has 2 rings (SSSR count). The van der Waals surface area contributed by atoms with Gasteiger partial charge in [0.25, 0.3) is 0 Å². The van der Waals surface area contributed by atoms with Crippen LogP contribution in [-0.4, -0.2) is 24.2 Å². The molecule has 16 heavy (non-hydrogen) atoms. The fourth-order valence-corrected chi connectivity index (χ4v) is 1.91. The summed E-state index contributed by atoms with van der Waals surface area (Å²) in [5.74, 6) is 0.880. The Morgan fingerprint density at radius 2 is 2.38 bits per heavy atom. The van der Waals surface area contributed by atoms with E-state index in [9.17, 15) is 0 Å².